The van der Waals surface area contributed by atoms with Gasteiger partial charge in [-0.1, -0.05) is 6.07 Å². The van der Waals surface area contributed by atoms with E-state index in [0.717, 1.165) is 4.90 Å². The van der Waals surface area contributed by atoms with Crippen molar-refractivity contribution in [1.29, 1.82) is 0 Å². The Hall–Kier alpha value is -2.54. The van der Waals surface area contributed by atoms with E-state index in [1.165, 1.54) is 25.3 Å². The summed E-state index contributed by atoms with van der Waals surface area (Å²) in [5.74, 6) is -0.169. The highest BCUT2D eigenvalue weighted by atomic mass is 32.2. The van der Waals surface area contributed by atoms with E-state index in [0.29, 0.717) is 5.69 Å². The smallest absolute Gasteiger partial charge is 0.273 e. The fourth-order valence-electron chi connectivity index (χ4n) is 1.84. The van der Waals surface area contributed by atoms with Crippen LogP contribution in [0.15, 0.2) is 47.4 Å². The number of non-ortho nitro benzene ring substituents is 1. The molecule has 1 amide bonds. The zero-order chi connectivity index (χ0) is 16.1. The quantitative estimate of drug-likeness (QED) is 0.518. The van der Waals surface area contributed by atoms with Crippen molar-refractivity contribution in [2.75, 3.05) is 18.7 Å². The number of carbonyl (C=O) groups excluding carboxylic acids is 1. The van der Waals surface area contributed by atoms with Gasteiger partial charge < -0.3 is 10.1 Å². The Morgan fingerprint density at radius 3 is 2.68 bits per heavy atom. The van der Waals surface area contributed by atoms with Gasteiger partial charge in [-0.3, -0.25) is 14.9 Å². The molecule has 114 valence electrons. The number of nitro benzene ring substituents is 1. The number of nitrogens with zero attached hydrogens (tertiary/aromatic N) is 1. The van der Waals surface area contributed by atoms with E-state index in [4.69, 9.17) is 4.74 Å². The highest BCUT2D eigenvalue weighted by Gasteiger charge is 2.15. The fraction of sp³-hybridized carbons (Fsp3) is 0.133. The van der Waals surface area contributed by atoms with Crippen LogP contribution in [0, 0.1) is 10.1 Å². The van der Waals surface area contributed by atoms with Crippen LogP contribution in [0.5, 0.6) is 5.75 Å². The second-order valence-corrected chi connectivity index (χ2v) is 5.24. The number of anilines is 1. The Kier molecular flexibility index (Phi) is 5.00. The molecule has 0 heterocycles. The van der Waals surface area contributed by atoms with Crippen molar-refractivity contribution in [3.63, 3.8) is 0 Å². The number of rotatable bonds is 5. The van der Waals surface area contributed by atoms with Crippen LogP contribution in [0.1, 0.15) is 10.4 Å². The van der Waals surface area contributed by atoms with Crippen LogP contribution in [-0.2, 0) is 0 Å². The van der Waals surface area contributed by atoms with Crippen LogP contribution in [-0.4, -0.2) is 24.2 Å². The average Bonchev–Trinajstić information content (AvgIpc) is 2.54. The lowest BCUT2D eigenvalue weighted by molar-refractivity contribution is -0.384. The van der Waals surface area contributed by atoms with Gasteiger partial charge in [-0.05, 0) is 30.5 Å². The molecular formula is C15H14N2O4S. The Morgan fingerprint density at radius 2 is 2.05 bits per heavy atom. The van der Waals surface area contributed by atoms with Crippen LogP contribution >= 0.6 is 11.8 Å². The molecule has 0 spiro atoms. The largest absolute Gasteiger partial charge is 0.496 e. The molecule has 0 unspecified atom stereocenters. The predicted molar refractivity (Wildman–Crippen MR) is 85.8 cm³/mol. The molecule has 6 nitrogen and oxygen atoms in total. The molecule has 2 aromatic rings. The first kappa shape index (κ1) is 15.8. The molecular weight excluding hydrogens is 304 g/mol. The number of methoxy groups -OCH3 is 1. The highest BCUT2D eigenvalue weighted by Crippen LogP contribution is 2.24. The molecule has 0 saturated carbocycles. The molecule has 0 bridgehead atoms. The normalized spacial score (nSPS) is 10.1. The van der Waals surface area contributed by atoms with Crippen molar-refractivity contribution in [3.8, 4) is 5.75 Å². The van der Waals surface area contributed by atoms with Crippen LogP contribution in [0.3, 0.4) is 0 Å². The Morgan fingerprint density at radius 1 is 1.27 bits per heavy atom. The summed E-state index contributed by atoms with van der Waals surface area (Å²) in [5.41, 5.74) is 0.602. The molecule has 0 saturated heterocycles. The van der Waals surface area contributed by atoms with Crippen molar-refractivity contribution < 1.29 is 14.5 Å². The molecule has 0 atom stereocenters. The second kappa shape index (κ2) is 6.95. The summed E-state index contributed by atoms with van der Waals surface area (Å²) in [6.45, 7) is 0. The van der Waals surface area contributed by atoms with Crippen LogP contribution < -0.4 is 10.1 Å². The van der Waals surface area contributed by atoms with Gasteiger partial charge in [-0.15, -0.1) is 11.8 Å². The van der Waals surface area contributed by atoms with E-state index < -0.39 is 10.8 Å². The van der Waals surface area contributed by atoms with Crippen molar-refractivity contribution in [3.05, 3.63) is 58.1 Å². The summed E-state index contributed by atoms with van der Waals surface area (Å²) in [4.78, 5) is 23.6. The molecule has 0 aromatic heterocycles. The first-order valence-electron chi connectivity index (χ1n) is 6.32. The maximum Gasteiger partial charge on any atom is 0.273 e. The van der Waals surface area contributed by atoms with Crippen LogP contribution in [0.4, 0.5) is 11.4 Å². The molecule has 0 aliphatic carbocycles. The topological polar surface area (TPSA) is 81.5 Å². The van der Waals surface area contributed by atoms with Crippen molar-refractivity contribution in [2.24, 2.45) is 0 Å². The van der Waals surface area contributed by atoms with Gasteiger partial charge in [0.25, 0.3) is 11.6 Å². The van der Waals surface area contributed by atoms with E-state index in [9.17, 15) is 14.9 Å². The third kappa shape index (κ3) is 3.76. The van der Waals surface area contributed by atoms with Gasteiger partial charge in [0.1, 0.15) is 5.75 Å². The third-order valence-corrected chi connectivity index (χ3v) is 3.65. The number of ether oxygens (including phenoxy) is 1. The van der Waals surface area contributed by atoms with E-state index in [1.54, 1.807) is 17.8 Å². The lowest BCUT2D eigenvalue weighted by atomic mass is 10.1. The average molecular weight is 318 g/mol. The minimum atomic E-state index is -0.562. The zero-order valence-electron chi connectivity index (χ0n) is 12.0. The number of nitro groups is 1. The van der Waals surface area contributed by atoms with E-state index >= 15 is 0 Å². The molecule has 2 aromatic carbocycles. The lowest BCUT2D eigenvalue weighted by Crippen LogP contribution is -2.12. The molecule has 1 N–H and O–H groups in total. The van der Waals surface area contributed by atoms with Gasteiger partial charge in [-0.2, -0.15) is 0 Å². The summed E-state index contributed by atoms with van der Waals surface area (Å²) in [7, 11) is 1.39. The molecule has 22 heavy (non-hydrogen) atoms. The summed E-state index contributed by atoms with van der Waals surface area (Å²) in [5, 5.41) is 13.6. The maximum absolute atomic E-state index is 12.3. The molecule has 2 rings (SSSR count). The van der Waals surface area contributed by atoms with Gasteiger partial charge in [0.2, 0.25) is 0 Å². The maximum atomic E-state index is 12.3. The zero-order valence-corrected chi connectivity index (χ0v) is 12.8. The summed E-state index contributed by atoms with van der Waals surface area (Å²) in [6, 6.07) is 11.3. The van der Waals surface area contributed by atoms with E-state index in [2.05, 4.69) is 5.32 Å². The summed E-state index contributed by atoms with van der Waals surface area (Å²) in [6.07, 6.45) is 1.94. The second-order valence-electron chi connectivity index (χ2n) is 4.36. The molecule has 0 radical (unpaired) electrons. The number of thioether (sulfide) groups is 1. The number of benzene rings is 2. The summed E-state index contributed by atoms with van der Waals surface area (Å²) < 4.78 is 4.99. The van der Waals surface area contributed by atoms with Gasteiger partial charge >= 0.3 is 0 Å². The van der Waals surface area contributed by atoms with E-state index in [-0.39, 0.29) is 17.0 Å². The fourth-order valence-corrected chi connectivity index (χ4v) is 2.30. The lowest BCUT2D eigenvalue weighted by Gasteiger charge is -2.08. The SMILES string of the molecule is COc1cc(C(=O)Nc2cccc(SC)c2)cc([N+](=O)[O-])c1. The molecule has 7 heteroatoms. The first-order valence-corrected chi connectivity index (χ1v) is 7.55. The Labute approximate surface area is 131 Å². The van der Waals surface area contributed by atoms with Gasteiger partial charge in [0, 0.05) is 16.6 Å². The standard InChI is InChI=1S/C15H14N2O4S/c1-21-13-7-10(6-12(9-13)17(19)20)15(18)16-11-4-3-5-14(8-11)22-2/h3-9H,1-2H3,(H,16,18). The minimum absolute atomic E-state index is 0.167. The Balaban J connectivity index is 2.28. The minimum Gasteiger partial charge on any atom is -0.496 e. The number of carbonyl (C=O) groups is 1. The number of hydrogen-bond acceptors (Lipinski definition) is 5. The predicted octanol–water partition coefficient (Wildman–Crippen LogP) is 3.58. The van der Waals surface area contributed by atoms with Gasteiger partial charge in [0.15, 0.2) is 0 Å². The van der Waals surface area contributed by atoms with Crippen molar-refractivity contribution >= 4 is 29.0 Å². The molecule has 0 fully saturated rings. The first-order chi connectivity index (χ1) is 10.5. The van der Waals surface area contributed by atoms with Crippen molar-refractivity contribution in [2.45, 2.75) is 4.90 Å². The third-order valence-electron chi connectivity index (χ3n) is 2.93. The number of hydrogen-bond donors (Lipinski definition) is 1. The van der Waals surface area contributed by atoms with Crippen LogP contribution in [0.2, 0.25) is 0 Å². The van der Waals surface area contributed by atoms with Crippen LogP contribution in [0.25, 0.3) is 0 Å². The highest BCUT2D eigenvalue weighted by molar-refractivity contribution is 7.98. The van der Waals surface area contributed by atoms with Gasteiger partial charge in [-0.25, -0.2) is 0 Å². The summed E-state index contributed by atoms with van der Waals surface area (Å²) >= 11 is 1.56. The Bertz CT molecular complexity index is 718. The number of nitrogens with one attached hydrogen (secondary N) is 1. The molecule has 0 aliphatic heterocycles. The van der Waals surface area contributed by atoms with E-state index in [1.807, 2.05) is 24.5 Å². The monoisotopic (exact) mass is 318 g/mol. The van der Waals surface area contributed by atoms with Crippen molar-refractivity contribution in [1.82, 2.24) is 0 Å². The van der Waals surface area contributed by atoms with Gasteiger partial charge in [0.05, 0.1) is 23.7 Å². The molecule has 0 aliphatic rings. The number of amides is 1.